The van der Waals surface area contributed by atoms with E-state index in [1.54, 1.807) is 24.4 Å². The summed E-state index contributed by atoms with van der Waals surface area (Å²) < 4.78 is 25.2. The maximum Gasteiger partial charge on any atom is 0.163 e. The van der Waals surface area contributed by atoms with Crippen LogP contribution in [-0.2, 0) is 13.0 Å². The highest BCUT2D eigenvalue weighted by molar-refractivity contribution is 6.32. The van der Waals surface area contributed by atoms with Crippen molar-refractivity contribution in [2.75, 3.05) is 7.11 Å². The van der Waals surface area contributed by atoms with Gasteiger partial charge in [0.05, 0.1) is 12.1 Å². The van der Waals surface area contributed by atoms with Gasteiger partial charge in [-0.3, -0.25) is 0 Å². The fourth-order valence-corrected chi connectivity index (χ4v) is 3.70. The third-order valence-corrected chi connectivity index (χ3v) is 5.49. The fraction of sp³-hybridized carbons (Fsp3) is 0.136. The molecule has 30 heavy (non-hydrogen) atoms. The van der Waals surface area contributed by atoms with Crippen molar-refractivity contribution in [1.29, 1.82) is 0 Å². The van der Waals surface area contributed by atoms with Crippen molar-refractivity contribution >= 4 is 45.8 Å². The monoisotopic (exact) mass is 464 g/mol. The number of rotatable bonds is 6. The second-order valence-electron chi connectivity index (χ2n) is 6.66. The number of nitrogens with one attached hydrogen (secondary N) is 1. The quantitative estimate of drug-likeness (QED) is 0.339. The lowest BCUT2D eigenvalue weighted by Crippen LogP contribution is -2.01. The Hall–Kier alpha value is -2.47. The number of halogens is 4. The number of pyridine rings is 1. The van der Waals surface area contributed by atoms with Crippen molar-refractivity contribution in [3.05, 3.63) is 86.4 Å². The molecule has 0 saturated carbocycles. The van der Waals surface area contributed by atoms with Crippen molar-refractivity contribution in [2.45, 2.75) is 13.0 Å². The van der Waals surface area contributed by atoms with Crippen LogP contribution in [0, 0.1) is 5.82 Å². The molecule has 1 N–H and O–H groups in total. The van der Waals surface area contributed by atoms with Gasteiger partial charge in [-0.25, -0.2) is 9.37 Å². The summed E-state index contributed by atoms with van der Waals surface area (Å²) in [6, 6.07) is 9.78. The molecule has 0 fully saturated rings. The molecule has 2 aromatic heterocycles. The number of fused-ring (bicyclic) bond motifs is 1. The molecule has 4 aromatic rings. The Morgan fingerprint density at radius 1 is 0.967 bits per heavy atom. The number of aromatic nitrogens is 2. The number of ether oxygens (including phenoxy) is 2. The van der Waals surface area contributed by atoms with Crippen LogP contribution in [0.1, 0.15) is 16.7 Å². The second-order valence-corrected chi connectivity index (χ2v) is 7.94. The SMILES string of the molecule is COc1cc(Cc2c[nH]c3ncc(Cl)cc23)c(Cl)cc1OCc1ccc(Cl)cc1F. The minimum atomic E-state index is -0.434. The maximum absolute atomic E-state index is 14.0. The van der Waals surface area contributed by atoms with Crippen LogP contribution in [0.2, 0.25) is 15.1 Å². The van der Waals surface area contributed by atoms with Gasteiger partial charge in [-0.05, 0) is 35.4 Å². The molecule has 0 aliphatic carbocycles. The number of hydrogen-bond acceptors (Lipinski definition) is 3. The minimum absolute atomic E-state index is 0.0155. The van der Waals surface area contributed by atoms with E-state index in [4.69, 9.17) is 44.3 Å². The summed E-state index contributed by atoms with van der Waals surface area (Å²) in [5.74, 6) is 0.486. The van der Waals surface area contributed by atoms with Gasteiger partial charge in [0.1, 0.15) is 18.1 Å². The molecule has 8 heteroatoms. The van der Waals surface area contributed by atoms with Crippen molar-refractivity contribution < 1.29 is 13.9 Å². The molecule has 0 amide bonds. The molecule has 4 rings (SSSR count). The zero-order valence-corrected chi connectivity index (χ0v) is 18.1. The molecular formula is C22H16Cl3FN2O2. The molecule has 154 valence electrons. The molecule has 2 aromatic carbocycles. The molecule has 0 bridgehead atoms. The summed E-state index contributed by atoms with van der Waals surface area (Å²) in [4.78, 5) is 7.40. The first-order valence-electron chi connectivity index (χ1n) is 8.99. The van der Waals surface area contributed by atoms with Crippen LogP contribution in [-0.4, -0.2) is 17.1 Å². The van der Waals surface area contributed by atoms with Crippen LogP contribution in [0.15, 0.2) is 48.8 Å². The Bertz CT molecular complexity index is 1230. The molecule has 0 aliphatic heterocycles. The lowest BCUT2D eigenvalue weighted by Gasteiger charge is -2.14. The first-order valence-corrected chi connectivity index (χ1v) is 10.1. The van der Waals surface area contributed by atoms with E-state index < -0.39 is 5.82 Å². The number of benzene rings is 2. The predicted octanol–water partition coefficient (Wildman–Crippen LogP) is 6.84. The molecule has 0 saturated heterocycles. The Balaban J connectivity index is 1.59. The highest BCUT2D eigenvalue weighted by Gasteiger charge is 2.14. The van der Waals surface area contributed by atoms with Crippen molar-refractivity contribution in [3.8, 4) is 11.5 Å². The zero-order chi connectivity index (χ0) is 21.3. The van der Waals surface area contributed by atoms with Crippen LogP contribution in [0.25, 0.3) is 11.0 Å². The Kier molecular flexibility index (Phi) is 6.04. The highest BCUT2D eigenvalue weighted by atomic mass is 35.5. The normalized spacial score (nSPS) is 11.1. The first kappa shape index (κ1) is 20.8. The van der Waals surface area contributed by atoms with Crippen LogP contribution < -0.4 is 9.47 Å². The van der Waals surface area contributed by atoms with E-state index in [2.05, 4.69) is 9.97 Å². The van der Waals surface area contributed by atoms with Gasteiger partial charge in [0.25, 0.3) is 0 Å². The molecule has 0 aliphatic rings. The van der Waals surface area contributed by atoms with E-state index in [1.165, 1.54) is 13.2 Å². The summed E-state index contributed by atoms with van der Waals surface area (Å²) in [6.45, 7) is 0.0155. The van der Waals surface area contributed by atoms with Gasteiger partial charge in [-0.15, -0.1) is 0 Å². The largest absolute Gasteiger partial charge is 0.493 e. The molecule has 0 unspecified atom stereocenters. The van der Waals surface area contributed by atoms with Gasteiger partial charge in [-0.1, -0.05) is 40.9 Å². The van der Waals surface area contributed by atoms with E-state index in [0.29, 0.717) is 38.6 Å². The minimum Gasteiger partial charge on any atom is -0.493 e. The lowest BCUT2D eigenvalue weighted by atomic mass is 10.0. The van der Waals surface area contributed by atoms with E-state index >= 15 is 0 Å². The summed E-state index contributed by atoms with van der Waals surface area (Å²) in [5.41, 5.74) is 2.98. The average Bonchev–Trinajstić information content (AvgIpc) is 3.11. The topological polar surface area (TPSA) is 47.1 Å². The molecular weight excluding hydrogens is 450 g/mol. The Morgan fingerprint density at radius 3 is 2.57 bits per heavy atom. The van der Waals surface area contributed by atoms with Crippen LogP contribution in [0.4, 0.5) is 4.39 Å². The molecule has 0 spiro atoms. The third kappa shape index (κ3) is 4.33. The predicted molar refractivity (Wildman–Crippen MR) is 118 cm³/mol. The summed E-state index contributed by atoms with van der Waals surface area (Å²) >= 11 is 18.4. The molecule has 0 radical (unpaired) electrons. The molecule has 0 atom stereocenters. The summed E-state index contributed by atoms with van der Waals surface area (Å²) in [7, 11) is 1.54. The van der Waals surface area contributed by atoms with Crippen molar-refractivity contribution in [1.82, 2.24) is 9.97 Å². The third-order valence-electron chi connectivity index (χ3n) is 4.70. The van der Waals surface area contributed by atoms with Gasteiger partial charge in [0.2, 0.25) is 0 Å². The van der Waals surface area contributed by atoms with Gasteiger partial charge in [0, 0.05) is 45.9 Å². The zero-order valence-electron chi connectivity index (χ0n) is 15.8. The average molecular weight is 466 g/mol. The number of hydrogen-bond donors (Lipinski definition) is 1. The van der Waals surface area contributed by atoms with E-state index in [1.807, 2.05) is 18.3 Å². The fourth-order valence-electron chi connectivity index (χ4n) is 3.16. The summed E-state index contributed by atoms with van der Waals surface area (Å²) in [5, 5.41) is 2.32. The van der Waals surface area contributed by atoms with E-state index in [-0.39, 0.29) is 6.61 Å². The Morgan fingerprint density at radius 2 is 1.80 bits per heavy atom. The van der Waals surface area contributed by atoms with Gasteiger partial charge in [0.15, 0.2) is 11.5 Å². The smallest absolute Gasteiger partial charge is 0.163 e. The van der Waals surface area contributed by atoms with Crippen LogP contribution >= 0.6 is 34.8 Å². The van der Waals surface area contributed by atoms with Gasteiger partial charge < -0.3 is 14.5 Å². The number of methoxy groups -OCH3 is 1. The molecule has 4 nitrogen and oxygen atoms in total. The van der Waals surface area contributed by atoms with E-state index in [0.717, 1.165) is 22.2 Å². The number of H-pyrrole nitrogens is 1. The van der Waals surface area contributed by atoms with E-state index in [9.17, 15) is 4.39 Å². The maximum atomic E-state index is 14.0. The van der Waals surface area contributed by atoms with Crippen molar-refractivity contribution in [2.24, 2.45) is 0 Å². The van der Waals surface area contributed by atoms with Gasteiger partial charge >= 0.3 is 0 Å². The van der Waals surface area contributed by atoms with Crippen LogP contribution in [0.3, 0.4) is 0 Å². The summed E-state index contributed by atoms with van der Waals surface area (Å²) in [6.07, 6.45) is 4.02. The lowest BCUT2D eigenvalue weighted by molar-refractivity contribution is 0.279. The first-order chi connectivity index (χ1) is 14.4. The second kappa shape index (κ2) is 8.72. The number of nitrogens with zero attached hydrogens (tertiary/aromatic N) is 1. The highest BCUT2D eigenvalue weighted by Crippen LogP contribution is 2.36. The standard InChI is InChI=1S/C22H16Cl3FN2O2/c1-29-20-5-13(4-14-9-27-22-17(14)6-16(24)10-28-22)18(25)8-21(20)30-11-12-2-3-15(23)7-19(12)26/h2-3,5-10H,4,11H2,1H3,(H,27,28). The van der Waals surface area contributed by atoms with Gasteiger partial charge in [-0.2, -0.15) is 0 Å². The van der Waals surface area contributed by atoms with Crippen molar-refractivity contribution in [3.63, 3.8) is 0 Å². The Labute approximate surface area is 187 Å². The molecule has 2 heterocycles. The number of aromatic amines is 1. The van der Waals surface area contributed by atoms with Crippen LogP contribution in [0.5, 0.6) is 11.5 Å².